The Bertz CT molecular complexity index is 500. The Morgan fingerprint density at radius 2 is 1.90 bits per heavy atom. The Kier molecular flexibility index (Phi) is 4.39. The summed E-state index contributed by atoms with van der Waals surface area (Å²) in [5, 5.41) is 0. The smallest absolute Gasteiger partial charge is 0.383 e. The number of methoxy groups -OCH3 is 1. The quantitative estimate of drug-likeness (QED) is 0.756. The second-order valence-corrected chi connectivity index (χ2v) is 4.94. The molecule has 21 heavy (non-hydrogen) atoms. The molecule has 7 heteroatoms. The van der Waals surface area contributed by atoms with Gasteiger partial charge in [-0.2, -0.15) is 8.78 Å². The van der Waals surface area contributed by atoms with E-state index in [-0.39, 0.29) is 12.6 Å². The maximum absolute atomic E-state index is 13.2. The van der Waals surface area contributed by atoms with Crippen LogP contribution in [0.2, 0.25) is 0 Å². The van der Waals surface area contributed by atoms with Gasteiger partial charge in [0.05, 0.1) is 7.11 Å². The lowest BCUT2D eigenvalue weighted by molar-refractivity contribution is -0.181. The second kappa shape index (κ2) is 5.91. The van der Waals surface area contributed by atoms with Gasteiger partial charge in [-0.3, -0.25) is 4.79 Å². The van der Waals surface area contributed by atoms with E-state index in [0.29, 0.717) is 24.2 Å². The van der Waals surface area contributed by atoms with Crippen LogP contribution in [0.5, 0.6) is 5.75 Å². The first-order valence-corrected chi connectivity index (χ1v) is 6.46. The van der Waals surface area contributed by atoms with E-state index in [1.165, 1.54) is 7.11 Å². The standard InChI is InChI=1S/C14H15F4NO2/c1-21-11-6-2-9(3-7-11)8-19(10-4-5-10)13(20)14(17,18)12(15)16/h2-3,6-7,10,12H,4-5,8H2,1H3. The van der Waals surface area contributed by atoms with Gasteiger partial charge in [-0.1, -0.05) is 12.1 Å². The molecule has 1 aliphatic carbocycles. The molecular weight excluding hydrogens is 290 g/mol. The molecule has 116 valence electrons. The molecule has 0 unspecified atom stereocenters. The Labute approximate surface area is 119 Å². The molecule has 0 spiro atoms. The summed E-state index contributed by atoms with van der Waals surface area (Å²) in [4.78, 5) is 12.5. The molecule has 1 amide bonds. The maximum atomic E-state index is 13.2. The molecule has 0 atom stereocenters. The monoisotopic (exact) mass is 305 g/mol. The molecule has 0 aromatic heterocycles. The number of nitrogens with zero attached hydrogens (tertiary/aromatic N) is 1. The van der Waals surface area contributed by atoms with Crippen molar-refractivity contribution in [2.24, 2.45) is 0 Å². The summed E-state index contributed by atoms with van der Waals surface area (Å²) in [5.41, 5.74) is 0.584. The summed E-state index contributed by atoms with van der Waals surface area (Å²) in [7, 11) is 1.48. The number of ether oxygens (including phenoxy) is 1. The Morgan fingerprint density at radius 1 is 1.33 bits per heavy atom. The fraction of sp³-hybridized carbons (Fsp3) is 0.500. The third-order valence-electron chi connectivity index (χ3n) is 3.32. The number of amides is 1. The van der Waals surface area contributed by atoms with Crippen molar-refractivity contribution in [2.75, 3.05) is 7.11 Å². The van der Waals surface area contributed by atoms with Gasteiger partial charge in [0, 0.05) is 12.6 Å². The number of hydrogen-bond donors (Lipinski definition) is 0. The SMILES string of the molecule is COc1ccc(CN(C(=O)C(F)(F)C(F)F)C2CC2)cc1. The summed E-state index contributed by atoms with van der Waals surface area (Å²) in [6.07, 6.45) is -2.88. The van der Waals surface area contributed by atoms with E-state index in [1.54, 1.807) is 24.3 Å². The fourth-order valence-corrected chi connectivity index (χ4v) is 1.97. The summed E-state index contributed by atoms with van der Waals surface area (Å²) in [6, 6.07) is 6.08. The topological polar surface area (TPSA) is 29.5 Å². The highest BCUT2D eigenvalue weighted by Gasteiger charge is 2.53. The van der Waals surface area contributed by atoms with Gasteiger partial charge < -0.3 is 9.64 Å². The lowest BCUT2D eigenvalue weighted by Crippen LogP contribution is -2.48. The average Bonchev–Trinajstić information content (AvgIpc) is 3.29. The molecule has 1 fully saturated rings. The largest absolute Gasteiger partial charge is 0.497 e. The third kappa shape index (κ3) is 3.46. The number of carbonyl (C=O) groups is 1. The first kappa shape index (κ1) is 15.6. The van der Waals surface area contributed by atoms with Gasteiger partial charge in [0.1, 0.15) is 5.75 Å². The third-order valence-corrected chi connectivity index (χ3v) is 3.32. The zero-order valence-corrected chi connectivity index (χ0v) is 11.4. The van der Waals surface area contributed by atoms with Crippen molar-refractivity contribution in [3.63, 3.8) is 0 Å². The van der Waals surface area contributed by atoms with Crippen LogP contribution in [0.1, 0.15) is 18.4 Å². The van der Waals surface area contributed by atoms with Gasteiger partial charge in [-0.15, -0.1) is 0 Å². The number of alkyl halides is 4. The van der Waals surface area contributed by atoms with Crippen molar-refractivity contribution in [1.29, 1.82) is 0 Å². The molecule has 1 saturated carbocycles. The van der Waals surface area contributed by atoms with Crippen LogP contribution in [-0.4, -0.2) is 36.3 Å². The first-order valence-electron chi connectivity index (χ1n) is 6.46. The molecule has 0 aliphatic heterocycles. The van der Waals surface area contributed by atoms with Crippen molar-refractivity contribution in [1.82, 2.24) is 4.90 Å². The van der Waals surface area contributed by atoms with Crippen molar-refractivity contribution in [3.8, 4) is 5.75 Å². The van der Waals surface area contributed by atoms with Crippen LogP contribution in [-0.2, 0) is 11.3 Å². The lowest BCUT2D eigenvalue weighted by atomic mass is 10.2. The predicted molar refractivity (Wildman–Crippen MR) is 67.5 cm³/mol. The Morgan fingerprint density at radius 3 is 2.33 bits per heavy atom. The van der Waals surface area contributed by atoms with Crippen LogP contribution >= 0.6 is 0 Å². The number of halogens is 4. The second-order valence-electron chi connectivity index (χ2n) is 4.94. The zero-order chi connectivity index (χ0) is 15.6. The zero-order valence-electron chi connectivity index (χ0n) is 11.4. The van der Waals surface area contributed by atoms with E-state index in [2.05, 4.69) is 0 Å². The van der Waals surface area contributed by atoms with Crippen LogP contribution in [0.15, 0.2) is 24.3 Å². The van der Waals surface area contributed by atoms with E-state index < -0.39 is 18.3 Å². The number of rotatable bonds is 6. The number of hydrogen-bond acceptors (Lipinski definition) is 2. The maximum Gasteiger partial charge on any atom is 0.383 e. The van der Waals surface area contributed by atoms with Gasteiger partial charge >= 0.3 is 12.3 Å². The van der Waals surface area contributed by atoms with Crippen LogP contribution in [0.4, 0.5) is 17.6 Å². The number of carbonyl (C=O) groups excluding carboxylic acids is 1. The van der Waals surface area contributed by atoms with E-state index in [4.69, 9.17) is 4.74 Å². The highest BCUT2D eigenvalue weighted by molar-refractivity contribution is 5.84. The van der Waals surface area contributed by atoms with Crippen molar-refractivity contribution in [2.45, 2.75) is 37.8 Å². The van der Waals surface area contributed by atoms with Gasteiger partial charge in [0.25, 0.3) is 5.91 Å². The van der Waals surface area contributed by atoms with E-state index in [1.807, 2.05) is 0 Å². The molecule has 2 rings (SSSR count). The summed E-state index contributed by atoms with van der Waals surface area (Å²) >= 11 is 0. The molecular formula is C14H15F4NO2. The minimum absolute atomic E-state index is 0.115. The van der Waals surface area contributed by atoms with Gasteiger partial charge in [-0.05, 0) is 30.5 Å². The van der Waals surface area contributed by atoms with Crippen molar-refractivity contribution >= 4 is 5.91 Å². The molecule has 1 aliphatic rings. The van der Waals surface area contributed by atoms with Crippen molar-refractivity contribution in [3.05, 3.63) is 29.8 Å². The van der Waals surface area contributed by atoms with Crippen LogP contribution in [0.3, 0.4) is 0 Å². The lowest BCUT2D eigenvalue weighted by Gasteiger charge is -2.26. The van der Waals surface area contributed by atoms with E-state index >= 15 is 0 Å². The van der Waals surface area contributed by atoms with Gasteiger partial charge in [-0.25, -0.2) is 8.78 Å². The van der Waals surface area contributed by atoms with Crippen LogP contribution in [0.25, 0.3) is 0 Å². The summed E-state index contributed by atoms with van der Waals surface area (Å²) < 4.78 is 56.1. The van der Waals surface area contributed by atoms with Gasteiger partial charge in [0.2, 0.25) is 0 Å². The van der Waals surface area contributed by atoms with Crippen LogP contribution in [0, 0.1) is 0 Å². The molecule has 0 radical (unpaired) electrons. The summed E-state index contributed by atoms with van der Waals surface area (Å²) in [6.45, 7) is -0.115. The normalized spacial score (nSPS) is 15.1. The first-order chi connectivity index (χ1) is 9.86. The predicted octanol–water partition coefficient (Wildman–Crippen LogP) is 3.09. The molecule has 0 saturated heterocycles. The molecule has 3 nitrogen and oxygen atoms in total. The number of benzene rings is 1. The van der Waals surface area contributed by atoms with Crippen LogP contribution < -0.4 is 4.74 Å². The minimum Gasteiger partial charge on any atom is -0.497 e. The highest BCUT2D eigenvalue weighted by atomic mass is 19.3. The minimum atomic E-state index is -4.64. The van der Waals surface area contributed by atoms with E-state index in [0.717, 1.165) is 4.90 Å². The van der Waals surface area contributed by atoms with Gasteiger partial charge in [0.15, 0.2) is 0 Å². The molecule has 1 aromatic carbocycles. The van der Waals surface area contributed by atoms with Crippen molar-refractivity contribution < 1.29 is 27.1 Å². The average molecular weight is 305 g/mol. The van der Waals surface area contributed by atoms with E-state index in [9.17, 15) is 22.4 Å². The highest BCUT2D eigenvalue weighted by Crippen LogP contribution is 2.34. The summed E-state index contributed by atoms with van der Waals surface area (Å²) in [5.74, 6) is -5.87. The molecule has 0 bridgehead atoms. The molecule has 0 heterocycles. The molecule has 0 N–H and O–H groups in total. The Balaban J connectivity index is 2.14. The molecule has 1 aromatic rings. The fourth-order valence-electron chi connectivity index (χ4n) is 1.97. The Hall–Kier alpha value is -1.79.